The molecule has 5 aliphatic carbocycles. The molecule has 4 fully saturated rings. The van der Waals surface area contributed by atoms with Crippen LogP contribution in [0.25, 0.3) is 0 Å². The van der Waals surface area contributed by atoms with E-state index in [4.69, 9.17) is 9.84 Å². The van der Waals surface area contributed by atoms with Crippen LogP contribution in [-0.2, 0) is 35.3 Å². The van der Waals surface area contributed by atoms with Crippen LogP contribution in [0.15, 0.2) is 42.0 Å². The van der Waals surface area contributed by atoms with E-state index in [-0.39, 0.29) is 76.5 Å². The van der Waals surface area contributed by atoms with Gasteiger partial charge in [0.2, 0.25) is 5.91 Å². The summed E-state index contributed by atoms with van der Waals surface area (Å²) in [6, 6.07) is 8.50. The van der Waals surface area contributed by atoms with E-state index in [1.54, 1.807) is 0 Å². The van der Waals surface area contributed by atoms with Crippen molar-refractivity contribution >= 4 is 29.6 Å². The predicted octanol–water partition coefficient (Wildman–Crippen LogP) is 7.76. The summed E-state index contributed by atoms with van der Waals surface area (Å²) in [6.45, 7) is 15.8. The number of nitrogens with one attached hydrogen (secondary N) is 1. The van der Waals surface area contributed by atoms with Crippen LogP contribution in [-0.4, -0.2) is 45.9 Å². The lowest BCUT2D eigenvalue weighted by atomic mass is 9.33. The van der Waals surface area contributed by atoms with E-state index in [1.165, 1.54) is 5.57 Å². The van der Waals surface area contributed by atoms with Crippen LogP contribution in [0.4, 0.5) is 0 Å². The Hall–Kier alpha value is -3.49. The summed E-state index contributed by atoms with van der Waals surface area (Å²) in [5.74, 6) is -3.23. The fraction of sp³-hybridized carbons (Fsp3) is 0.698. The molecule has 0 unspecified atom stereocenters. The van der Waals surface area contributed by atoms with Gasteiger partial charge < -0.3 is 20.3 Å². The van der Waals surface area contributed by atoms with Crippen LogP contribution < -0.4 is 5.32 Å². The van der Waals surface area contributed by atoms with Gasteiger partial charge in [0.15, 0.2) is 5.78 Å². The van der Waals surface area contributed by atoms with E-state index in [9.17, 15) is 29.1 Å². The van der Waals surface area contributed by atoms with Gasteiger partial charge in [-0.3, -0.25) is 19.2 Å². The van der Waals surface area contributed by atoms with Gasteiger partial charge in [-0.1, -0.05) is 77.4 Å². The minimum absolute atomic E-state index is 0.000827. The summed E-state index contributed by atoms with van der Waals surface area (Å²) in [7, 11) is 0. The summed E-state index contributed by atoms with van der Waals surface area (Å²) in [4.78, 5) is 65.4. The highest BCUT2D eigenvalue weighted by atomic mass is 16.5. The summed E-state index contributed by atoms with van der Waals surface area (Å²) < 4.78 is 5.94. The highest BCUT2D eigenvalue weighted by molar-refractivity contribution is 5.96. The van der Waals surface area contributed by atoms with Gasteiger partial charge in [0.05, 0.1) is 5.41 Å². The van der Waals surface area contributed by atoms with Crippen molar-refractivity contribution in [2.24, 2.45) is 56.2 Å². The van der Waals surface area contributed by atoms with Crippen LogP contribution in [0.2, 0.25) is 0 Å². The largest absolute Gasteiger partial charge is 0.481 e. The number of rotatable bonds is 9. The van der Waals surface area contributed by atoms with Crippen LogP contribution >= 0.6 is 0 Å². The number of aliphatic carboxylic acids is 2. The molecule has 0 aromatic heterocycles. The van der Waals surface area contributed by atoms with E-state index in [2.05, 4.69) is 53.8 Å². The zero-order chi connectivity index (χ0) is 38.1. The number of benzene rings is 1. The number of esters is 1. The number of carboxylic acid groups (broad SMARTS) is 2. The van der Waals surface area contributed by atoms with Gasteiger partial charge in [-0.2, -0.15) is 0 Å². The first-order chi connectivity index (χ1) is 24.2. The standard InChI is InChI=1S/C43H59NO8/c1-38(2)27(35(48)44-30(36(49)50)13-14-33(46)47)15-17-41(5)32(38)16-18-43(7)34(41)31(45)23-28-29-24-40(4,20-19-39(29,3)21-22-42(28,43)6)37(51)52-25-26-11-9-8-10-12-26/h8-12,23,27,29-30,32,34H,13-22,24-25H2,1-7H3,(H,44,48)(H,46,47)(H,49,50)/t27-,29+,30+,32+,34-,39-,40+,41+,42-,43-/m1/s1. The number of hydrogen-bond acceptors (Lipinski definition) is 6. The second-order valence-corrected chi connectivity index (χ2v) is 19.1. The van der Waals surface area contributed by atoms with Crippen molar-refractivity contribution in [3.05, 3.63) is 47.5 Å². The molecule has 6 rings (SSSR count). The molecule has 9 nitrogen and oxygen atoms in total. The van der Waals surface area contributed by atoms with E-state index < -0.39 is 34.7 Å². The summed E-state index contributed by atoms with van der Waals surface area (Å²) >= 11 is 0. The van der Waals surface area contributed by atoms with Crippen LogP contribution in [0.1, 0.15) is 125 Å². The summed E-state index contributed by atoms with van der Waals surface area (Å²) in [5, 5.41) is 21.5. The molecule has 1 amide bonds. The molecule has 10 atom stereocenters. The quantitative estimate of drug-likeness (QED) is 0.220. The number of carbonyl (C=O) groups is 5. The van der Waals surface area contributed by atoms with Gasteiger partial charge in [0.1, 0.15) is 12.6 Å². The lowest BCUT2D eigenvalue weighted by Gasteiger charge is -2.70. The Morgan fingerprint density at radius 3 is 2.21 bits per heavy atom. The molecule has 0 heterocycles. The molecular weight excluding hydrogens is 658 g/mol. The lowest BCUT2D eigenvalue weighted by molar-refractivity contribution is -0.195. The van der Waals surface area contributed by atoms with Gasteiger partial charge in [-0.05, 0) is 122 Å². The third-order valence-electron chi connectivity index (χ3n) is 15.9. The van der Waals surface area contributed by atoms with Crippen molar-refractivity contribution in [2.75, 3.05) is 0 Å². The van der Waals surface area contributed by atoms with Crippen molar-refractivity contribution < 1.29 is 38.9 Å². The molecule has 1 aromatic carbocycles. The molecule has 0 saturated heterocycles. The van der Waals surface area contributed by atoms with Crippen LogP contribution in [0.3, 0.4) is 0 Å². The maximum absolute atomic E-state index is 14.8. The third-order valence-corrected chi connectivity index (χ3v) is 15.9. The Bertz CT molecular complexity index is 1670. The first-order valence-electron chi connectivity index (χ1n) is 19.4. The zero-order valence-corrected chi connectivity index (χ0v) is 32.2. The second kappa shape index (κ2) is 13.1. The van der Waals surface area contributed by atoms with Gasteiger partial charge in [0.25, 0.3) is 0 Å². The van der Waals surface area contributed by atoms with Gasteiger partial charge in [-0.25, -0.2) is 4.79 Å². The van der Waals surface area contributed by atoms with E-state index in [1.807, 2.05) is 36.4 Å². The number of carboxylic acids is 2. The van der Waals surface area contributed by atoms with Crippen molar-refractivity contribution in [2.45, 2.75) is 132 Å². The smallest absolute Gasteiger partial charge is 0.326 e. The zero-order valence-electron chi connectivity index (χ0n) is 32.2. The lowest BCUT2D eigenvalue weighted by Crippen LogP contribution is -2.66. The fourth-order valence-electron chi connectivity index (χ4n) is 12.5. The number of allylic oxidation sites excluding steroid dienone is 2. The molecule has 0 radical (unpaired) electrons. The molecule has 5 aliphatic rings. The summed E-state index contributed by atoms with van der Waals surface area (Å²) in [6.07, 6.45) is 8.72. The van der Waals surface area contributed by atoms with Gasteiger partial charge in [0, 0.05) is 18.3 Å². The van der Waals surface area contributed by atoms with Gasteiger partial charge in [-0.15, -0.1) is 0 Å². The molecule has 3 N–H and O–H groups in total. The molecular formula is C43H59NO8. The number of fused-ring (bicyclic) bond motifs is 7. The molecule has 52 heavy (non-hydrogen) atoms. The molecule has 284 valence electrons. The number of carbonyl (C=O) groups excluding carboxylic acids is 3. The van der Waals surface area contributed by atoms with Crippen molar-refractivity contribution in [3.63, 3.8) is 0 Å². The van der Waals surface area contributed by atoms with Gasteiger partial charge >= 0.3 is 17.9 Å². The Balaban J connectivity index is 1.26. The normalized spacial score (nSPS) is 39.7. The van der Waals surface area contributed by atoms with Crippen LogP contribution in [0, 0.1) is 56.2 Å². The second-order valence-electron chi connectivity index (χ2n) is 19.1. The first-order valence-corrected chi connectivity index (χ1v) is 19.4. The number of ketones is 1. The highest BCUT2D eigenvalue weighted by Gasteiger charge is 2.70. The SMILES string of the molecule is CC1(C)[C@@H](C(=O)N[C@@H](CCC(=O)O)C(=O)O)CC[C@]2(C)[C@H]3C(=O)C=C4[C@@H]5C[C@@](C)(C(=O)OCc6ccccc6)CC[C@]5(C)CC[C@@]4(C)[C@]3(C)CC[C@@H]12. The number of ether oxygens (including phenoxy) is 1. The topological polar surface area (TPSA) is 147 Å². The first kappa shape index (κ1) is 38.2. The molecule has 0 spiro atoms. The minimum atomic E-state index is -1.27. The fourth-order valence-corrected chi connectivity index (χ4v) is 12.5. The predicted molar refractivity (Wildman–Crippen MR) is 196 cm³/mol. The Kier molecular flexibility index (Phi) is 9.65. The maximum atomic E-state index is 14.8. The van der Waals surface area contributed by atoms with Crippen molar-refractivity contribution in [1.29, 1.82) is 0 Å². The average Bonchev–Trinajstić information content (AvgIpc) is 3.07. The minimum Gasteiger partial charge on any atom is -0.481 e. The summed E-state index contributed by atoms with van der Waals surface area (Å²) in [5.41, 5.74) is 0.129. The molecule has 4 saturated carbocycles. The van der Waals surface area contributed by atoms with E-state index in [0.717, 1.165) is 44.1 Å². The van der Waals surface area contributed by atoms with E-state index >= 15 is 0 Å². The molecule has 0 aliphatic heterocycles. The Morgan fingerprint density at radius 2 is 1.56 bits per heavy atom. The van der Waals surface area contributed by atoms with Crippen molar-refractivity contribution in [1.82, 2.24) is 5.32 Å². The Labute approximate surface area is 308 Å². The van der Waals surface area contributed by atoms with Crippen LogP contribution in [0.5, 0.6) is 0 Å². The highest BCUT2D eigenvalue weighted by Crippen LogP contribution is 2.75. The molecule has 1 aromatic rings. The maximum Gasteiger partial charge on any atom is 0.326 e. The molecule has 9 heteroatoms. The monoisotopic (exact) mass is 717 g/mol. The van der Waals surface area contributed by atoms with Crippen molar-refractivity contribution in [3.8, 4) is 0 Å². The molecule has 0 bridgehead atoms. The number of hydrogen-bond donors (Lipinski definition) is 3. The number of amides is 1. The average molecular weight is 718 g/mol. The van der Waals surface area contributed by atoms with E-state index in [0.29, 0.717) is 19.3 Å². The third kappa shape index (κ3) is 6.02. The Morgan fingerprint density at radius 1 is 0.885 bits per heavy atom.